The number of benzene rings is 1. The van der Waals surface area contributed by atoms with Gasteiger partial charge in [0.15, 0.2) is 5.75 Å². The fourth-order valence-electron chi connectivity index (χ4n) is 1.47. The van der Waals surface area contributed by atoms with Crippen molar-refractivity contribution >= 4 is 11.6 Å². The maximum atomic E-state index is 5.94. The van der Waals surface area contributed by atoms with Gasteiger partial charge in [-0.25, -0.2) is 4.68 Å². The number of aromatic nitrogens is 2. The zero-order chi connectivity index (χ0) is 12.5. The van der Waals surface area contributed by atoms with Crippen molar-refractivity contribution < 1.29 is 4.74 Å². The number of hydrogen-bond donors (Lipinski definition) is 0. The quantitative estimate of drug-likeness (QED) is 0.813. The van der Waals surface area contributed by atoms with E-state index in [4.69, 9.17) is 16.3 Å². The lowest BCUT2D eigenvalue weighted by molar-refractivity contribution is 0.131. The van der Waals surface area contributed by atoms with E-state index in [1.807, 2.05) is 51.2 Å². The lowest BCUT2D eigenvalue weighted by atomic mass is 10.2. The van der Waals surface area contributed by atoms with E-state index in [-0.39, 0.29) is 5.60 Å². The molecule has 0 N–H and O–H groups in total. The molecule has 2 rings (SSSR count). The van der Waals surface area contributed by atoms with E-state index in [9.17, 15) is 0 Å². The van der Waals surface area contributed by atoms with E-state index < -0.39 is 0 Å². The molecule has 0 radical (unpaired) electrons. The molecule has 3 nitrogen and oxygen atoms in total. The SMILES string of the molecule is CC(C)(C)Oc1cnn(-c2cccc(Cl)c2)c1. The second-order valence-corrected chi connectivity index (χ2v) is 5.25. The van der Waals surface area contributed by atoms with Crippen molar-refractivity contribution in [1.82, 2.24) is 9.78 Å². The zero-order valence-corrected chi connectivity index (χ0v) is 10.9. The van der Waals surface area contributed by atoms with Crippen LogP contribution in [0.4, 0.5) is 0 Å². The first-order chi connectivity index (χ1) is 7.94. The van der Waals surface area contributed by atoms with Gasteiger partial charge < -0.3 is 4.74 Å². The van der Waals surface area contributed by atoms with Gasteiger partial charge in [-0.2, -0.15) is 5.10 Å². The molecule has 0 unspecified atom stereocenters. The fourth-order valence-corrected chi connectivity index (χ4v) is 1.66. The number of halogens is 1. The zero-order valence-electron chi connectivity index (χ0n) is 10.1. The molecule has 0 aliphatic carbocycles. The molecular formula is C13H15ClN2O. The van der Waals surface area contributed by atoms with Crippen LogP contribution in [0.1, 0.15) is 20.8 Å². The van der Waals surface area contributed by atoms with Crippen molar-refractivity contribution in [2.24, 2.45) is 0 Å². The fraction of sp³-hybridized carbons (Fsp3) is 0.308. The molecule has 1 heterocycles. The molecule has 4 heteroatoms. The van der Waals surface area contributed by atoms with Gasteiger partial charge in [0.25, 0.3) is 0 Å². The van der Waals surface area contributed by atoms with E-state index >= 15 is 0 Å². The maximum absolute atomic E-state index is 5.94. The molecule has 0 aliphatic heterocycles. The molecule has 2 aromatic rings. The van der Waals surface area contributed by atoms with E-state index in [2.05, 4.69) is 5.10 Å². The lowest BCUT2D eigenvalue weighted by Crippen LogP contribution is -2.22. The Morgan fingerprint density at radius 2 is 2.06 bits per heavy atom. The van der Waals surface area contributed by atoms with Crippen molar-refractivity contribution in [2.75, 3.05) is 0 Å². The van der Waals surface area contributed by atoms with E-state index in [0.717, 1.165) is 11.4 Å². The molecule has 0 amide bonds. The highest BCUT2D eigenvalue weighted by Gasteiger charge is 2.13. The number of nitrogens with zero attached hydrogens (tertiary/aromatic N) is 2. The molecule has 0 spiro atoms. The highest BCUT2D eigenvalue weighted by molar-refractivity contribution is 6.30. The second-order valence-electron chi connectivity index (χ2n) is 4.81. The summed E-state index contributed by atoms with van der Waals surface area (Å²) < 4.78 is 7.46. The Morgan fingerprint density at radius 3 is 2.71 bits per heavy atom. The minimum absolute atomic E-state index is 0.220. The normalized spacial score (nSPS) is 11.5. The largest absolute Gasteiger partial charge is 0.485 e. The summed E-state index contributed by atoms with van der Waals surface area (Å²) in [6.07, 6.45) is 3.54. The van der Waals surface area contributed by atoms with Gasteiger partial charge in [-0.3, -0.25) is 0 Å². The summed E-state index contributed by atoms with van der Waals surface area (Å²) in [5.41, 5.74) is 0.698. The summed E-state index contributed by atoms with van der Waals surface area (Å²) in [5, 5.41) is 4.94. The van der Waals surface area contributed by atoms with Crippen molar-refractivity contribution in [1.29, 1.82) is 0 Å². The average Bonchev–Trinajstić information content (AvgIpc) is 2.63. The number of ether oxygens (including phenoxy) is 1. The Bertz CT molecular complexity index is 514. The molecule has 0 atom stereocenters. The molecule has 90 valence electrons. The van der Waals surface area contributed by atoms with Crippen LogP contribution in [0, 0.1) is 0 Å². The van der Waals surface area contributed by atoms with Crippen LogP contribution in [-0.4, -0.2) is 15.4 Å². The van der Waals surface area contributed by atoms with Crippen molar-refractivity contribution in [3.8, 4) is 11.4 Å². The standard InChI is InChI=1S/C13H15ClN2O/c1-13(2,3)17-12-8-15-16(9-12)11-6-4-5-10(14)7-11/h4-9H,1-3H3. The van der Waals surface area contributed by atoms with Crippen molar-refractivity contribution in [3.63, 3.8) is 0 Å². The van der Waals surface area contributed by atoms with Gasteiger partial charge in [-0.05, 0) is 39.0 Å². The summed E-state index contributed by atoms with van der Waals surface area (Å²) in [6, 6.07) is 7.53. The molecule has 0 saturated heterocycles. The summed E-state index contributed by atoms with van der Waals surface area (Å²) in [4.78, 5) is 0. The summed E-state index contributed by atoms with van der Waals surface area (Å²) >= 11 is 5.94. The van der Waals surface area contributed by atoms with Crippen LogP contribution in [0.25, 0.3) is 5.69 Å². The van der Waals surface area contributed by atoms with Crippen LogP contribution in [0.5, 0.6) is 5.75 Å². The van der Waals surface area contributed by atoms with E-state index in [1.54, 1.807) is 10.9 Å². The average molecular weight is 251 g/mol. The van der Waals surface area contributed by atoms with Gasteiger partial charge in [0.2, 0.25) is 0 Å². The summed E-state index contributed by atoms with van der Waals surface area (Å²) in [7, 11) is 0. The van der Waals surface area contributed by atoms with Crippen LogP contribution in [0.15, 0.2) is 36.7 Å². The Kier molecular flexibility index (Phi) is 3.11. The molecule has 1 aromatic heterocycles. The highest BCUT2D eigenvalue weighted by atomic mass is 35.5. The van der Waals surface area contributed by atoms with Crippen LogP contribution in [-0.2, 0) is 0 Å². The minimum Gasteiger partial charge on any atom is -0.485 e. The van der Waals surface area contributed by atoms with Crippen LogP contribution in [0.2, 0.25) is 5.02 Å². The van der Waals surface area contributed by atoms with E-state index in [0.29, 0.717) is 5.02 Å². The molecule has 0 fully saturated rings. The number of rotatable bonds is 2. The highest BCUT2D eigenvalue weighted by Crippen LogP contribution is 2.20. The van der Waals surface area contributed by atoms with Gasteiger partial charge in [0.1, 0.15) is 5.60 Å². The monoisotopic (exact) mass is 250 g/mol. The smallest absolute Gasteiger partial charge is 0.158 e. The van der Waals surface area contributed by atoms with Gasteiger partial charge >= 0.3 is 0 Å². The first-order valence-corrected chi connectivity index (χ1v) is 5.81. The van der Waals surface area contributed by atoms with E-state index in [1.165, 1.54) is 0 Å². The molecule has 1 aromatic carbocycles. The minimum atomic E-state index is -0.220. The molecular weight excluding hydrogens is 236 g/mol. The first kappa shape index (κ1) is 12.0. The molecule has 0 saturated carbocycles. The van der Waals surface area contributed by atoms with Gasteiger partial charge in [-0.15, -0.1) is 0 Å². The van der Waals surface area contributed by atoms with Crippen LogP contribution in [0.3, 0.4) is 0 Å². The Hall–Kier alpha value is -1.48. The molecule has 0 aliphatic rings. The Labute approximate surface area is 106 Å². The second kappa shape index (κ2) is 4.41. The van der Waals surface area contributed by atoms with Crippen molar-refractivity contribution in [3.05, 3.63) is 41.7 Å². The van der Waals surface area contributed by atoms with Gasteiger partial charge in [-0.1, -0.05) is 17.7 Å². The summed E-state index contributed by atoms with van der Waals surface area (Å²) in [6.45, 7) is 6.01. The third-order valence-electron chi connectivity index (χ3n) is 2.06. The Morgan fingerprint density at radius 1 is 1.29 bits per heavy atom. The predicted molar refractivity (Wildman–Crippen MR) is 69.0 cm³/mol. The molecule has 17 heavy (non-hydrogen) atoms. The van der Waals surface area contributed by atoms with Gasteiger partial charge in [0, 0.05) is 5.02 Å². The van der Waals surface area contributed by atoms with Gasteiger partial charge in [0.05, 0.1) is 18.1 Å². The third-order valence-corrected chi connectivity index (χ3v) is 2.29. The maximum Gasteiger partial charge on any atom is 0.158 e. The number of hydrogen-bond acceptors (Lipinski definition) is 2. The van der Waals surface area contributed by atoms with Crippen LogP contribution < -0.4 is 4.74 Å². The predicted octanol–water partition coefficient (Wildman–Crippen LogP) is 3.70. The lowest BCUT2D eigenvalue weighted by Gasteiger charge is -2.19. The Balaban J connectivity index is 2.24. The third kappa shape index (κ3) is 3.24. The molecule has 0 bridgehead atoms. The van der Waals surface area contributed by atoms with Crippen molar-refractivity contribution in [2.45, 2.75) is 26.4 Å². The topological polar surface area (TPSA) is 27.1 Å². The summed E-state index contributed by atoms with van der Waals surface area (Å²) in [5.74, 6) is 0.748. The van der Waals surface area contributed by atoms with Crippen LogP contribution >= 0.6 is 11.6 Å². The first-order valence-electron chi connectivity index (χ1n) is 5.44.